The van der Waals surface area contributed by atoms with Crippen molar-refractivity contribution in [1.82, 2.24) is 0 Å². The third-order valence-corrected chi connectivity index (χ3v) is 21.3. The first kappa shape index (κ1) is 26.2. The predicted octanol–water partition coefficient (Wildman–Crippen LogP) is 6.91. The Balaban J connectivity index is 3.01. The topological polar surface area (TPSA) is 46.5 Å². The van der Waals surface area contributed by atoms with Gasteiger partial charge in [-0.05, 0) is 0 Å². The molecule has 0 aromatic heterocycles. The number of carbonyl (C=O) groups is 1. The van der Waals surface area contributed by atoms with Crippen molar-refractivity contribution < 1.29 is 14.6 Å². The monoisotopic (exact) mass is 510 g/mol. The number of hydrogen-bond donors (Lipinski definition) is 1. The summed E-state index contributed by atoms with van der Waals surface area (Å²) in [5.74, 6) is -1.01. The molecular weight excluding hydrogens is 467 g/mol. The van der Waals surface area contributed by atoms with Crippen molar-refractivity contribution in [2.75, 3.05) is 7.11 Å². The van der Waals surface area contributed by atoms with Crippen molar-refractivity contribution >= 4 is 24.3 Å². The quantitative estimate of drug-likeness (QED) is 0.159. The summed E-state index contributed by atoms with van der Waals surface area (Å²) in [4.78, 5) is 12.4. The SMILES string of the molecule is CCC[CH2][Sn]([CH2]/C=C/[C@@H](C(=O)OC)[C@H](O)c1ccccc1)([CH2]CCC)[CH2]CCC. The number of aliphatic hydroxyl groups excluding tert-OH is 1. The van der Waals surface area contributed by atoms with Gasteiger partial charge in [0.2, 0.25) is 0 Å². The molecule has 0 spiro atoms. The van der Waals surface area contributed by atoms with Crippen molar-refractivity contribution in [2.45, 2.75) is 83.1 Å². The molecule has 0 saturated heterocycles. The molecule has 164 valence electrons. The number of benzene rings is 1. The average molecular weight is 509 g/mol. The number of unbranched alkanes of at least 4 members (excludes halogenated alkanes) is 3. The first-order valence-electron chi connectivity index (χ1n) is 11.5. The zero-order valence-corrected chi connectivity index (χ0v) is 21.9. The van der Waals surface area contributed by atoms with Crippen LogP contribution in [0, 0.1) is 5.92 Å². The van der Waals surface area contributed by atoms with Crippen LogP contribution in [-0.4, -0.2) is 36.6 Å². The molecule has 1 aromatic rings. The van der Waals surface area contributed by atoms with Gasteiger partial charge in [0.1, 0.15) is 0 Å². The summed E-state index contributed by atoms with van der Waals surface area (Å²) in [6.07, 6.45) is 11.1. The van der Waals surface area contributed by atoms with Crippen LogP contribution in [0.3, 0.4) is 0 Å². The van der Waals surface area contributed by atoms with Gasteiger partial charge in [-0.25, -0.2) is 0 Å². The standard InChI is InChI=1S/C13H15O3.3C4H9.Sn/c1-3-7-11(13(15)16-2)12(14)10-8-5-4-6-9-10;3*1-3-4-2;/h3-9,11-12,14H,1H2,2H3;3*1,3-4H2,2H3;/b7-3+;;;;/t11-,12-;;;;/m1..../s1. The van der Waals surface area contributed by atoms with E-state index in [-0.39, 0.29) is 5.97 Å². The fourth-order valence-corrected chi connectivity index (χ4v) is 19.3. The van der Waals surface area contributed by atoms with Gasteiger partial charge in [0.25, 0.3) is 0 Å². The number of methoxy groups -OCH3 is 1. The summed E-state index contributed by atoms with van der Waals surface area (Å²) in [5, 5.41) is 10.8. The molecule has 1 aromatic carbocycles. The van der Waals surface area contributed by atoms with Crippen LogP contribution in [0.4, 0.5) is 0 Å². The maximum absolute atomic E-state index is 12.4. The predicted molar refractivity (Wildman–Crippen MR) is 126 cm³/mol. The van der Waals surface area contributed by atoms with Crippen molar-refractivity contribution in [3.8, 4) is 0 Å². The first-order valence-corrected chi connectivity index (χ1v) is 19.6. The first-order chi connectivity index (χ1) is 14.0. The van der Waals surface area contributed by atoms with Gasteiger partial charge in [-0.3, -0.25) is 0 Å². The fourth-order valence-electron chi connectivity index (χ4n) is 4.11. The molecule has 0 aliphatic heterocycles. The third-order valence-electron chi connectivity index (χ3n) is 6.03. The summed E-state index contributed by atoms with van der Waals surface area (Å²) in [5.41, 5.74) is 0.755. The molecule has 0 heterocycles. The Morgan fingerprint density at radius 2 is 1.52 bits per heavy atom. The second-order valence-electron chi connectivity index (χ2n) is 8.35. The molecule has 0 bridgehead atoms. The molecule has 2 atom stereocenters. The molecule has 0 radical (unpaired) electrons. The molecule has 1 N–H and O–H groups in total. The summed E-state index contributed by atoms with van der Waals surface area (Å²) in [7, 11) is 1.40. The number of ether oxygens (including phenoxy) is 1. The van der Waals surface area contributed by atoms with Crippen LogP contribution in [0.5, 0.6) is 0 Å². The van der Waals surface area contributed by atoms with Gasteiger partial charge in [-0.15, -0.1) is 0 Å². The minimum atomic E-state index is -2.28. The number of hydrogen-bond acceptors (Lipinski definition) is 3. The van der Waals surface area contributed by atoms with E-state index in [0.29, 0.717) is 0 Å². The number of esters is 1. The van der Waals surface area contributed by atoms with Crippen LogP contribution < -0.4 is 0 Å². The average Bonchev–Trinajstić information content (AvgIpc) is 2.77. The number of carbonyl (C=O) groups excluding carboxylic acids is 1. The van der Waals surface area contributed by atoms with Gasteiger partial charge >= 0.3 is 183 Å². The van der Waals surface area contributed by atoms with E-state index in [0.717, 1.165) is 5.56 Å². The Kier molecular flexibility index (Phi) is 13.6. The Bertz CT molecular complexity index is 563. The van der Waals surface area contributed by atoms with Crippen molar-refractivity contribution in [3.05, 3.63) is 48.0 Å². The van der Waals surface area contributed by atoms with Crippen LogP contribution in [0.25, 0.3) is 0 Å². The number of allylic oxidation sites excluding steroid dienone is 1. The molecule has 1 rings (SSSR count). The summed E-state index contributed by atoms with van der Waals surface area (Å²) in [6, 6.07) is 9.41. The summed E-state index contributed by atoms with van der Waals surface area (Å²) in [6.45, 7) is 6.86. The van der Waals surface area contributed by atoms with Gasteiger partial charge in [0, 0.05) is 0 Å². The molecule has 0 aliphatic carbocycles. The Morgan fingerprint density at radius 1 is 1.00 bits per heavy atom. The molecule has 0 saturated carbocycles. The molecule has 0 fully saturated rings. The van der Waals surface area contributed by atoms with Gasteiger partial charge in [-0.2, -0.15) is 0 Å². The van der Waals surface area contributed by atoms with Gasteiger partial charge in [0.05, 0.1) is 0 Å². The van der Waals surface area contributed by atoms with Crippen LogP contribution in [0.1, 0.15) is 71.0 Å². The van der Waals surface area contributed by atoms with Crippen LogP contribution in [0.15, 0.2) is 42.5 Å². The molecule has 0 amide bonds. The molecule has 3 nitrogen and oxygen atoms in total. The maximum atomic E-state index is 12.4. The van der Waals surface area contributed by atoms with Crippen LogP contribution in [-0.2, 0) is 9.53 Å². The number of aliphatic hydroxyl groups is 1. The van der Waals surface area contributed by atoms with Gasteiger partial charge < -0.3 is 0 Å². The summed E-state index contributed by atoms with van der Waals surface area (Å²) < 4.78 is 10.5. The Hall–Kier alpha value is -0.811. The van der Waals surface area contributed by atoms with E-state index >= 15 is 0 Å². The van der Waals surface area contributed by atoms with E-state index in [1.807, 2.05) is 36.4 Å². The molecule has 4 heteroatoms. The van der Waals surface area contributed by atoms with Crippen LogP contribution >= 0.6 is 0 Å². The fraction of sp³-hybridized carbons (Fsp3) is 0.640. The number of rotatable bonds is 15. The van der Waals surface area contributed by atoms with E-state index in [2.05, 4.69) is 26.8 Å². The van der Waals surface area contributed by atoms with Gasteiger partial charge in [0.15, 0.2) is 0 Å². The third kappa shape index (κ3) is 9.25. The minimum absolute atomic E-state index is 0.367. The second kappa shape index (κ2) is 15.1. The van der Waals surface area contributed by atoms with E-state index in [4.69, 9.17) is 4.74 Å². The summed E-state index contributed by atoms with van der Waals surface area (Å²) >= 11 is -2.28. The Labute approximate surface area is 182 Å². The second-order valence-corrected chi connectivity index (χ2v) is 22.4. The van der Waals surface area contributed by atoms with Crippen molar-refractivity contribution in [1.29, 1.82) is 0 Å². The molecule has 0 aliphatic rings. The van der Waals surface area contributed by atoms with E-state index in [1.54, 1.807) is 0 Å². The molecular formula is C25H42O3Sn. The normalized spacial score (nSPS) is 14.1. The van der Waals surface area contributed by atoms with E-state index in [9.17, 15) is 9.90 Å². The zero-order chi connectivity index (χ0) is 21.5. The van der Waals surface area contributed by atoms with Crippen molar-refractivity contribution in [2.24, 2.45) is 5.92 Å². The van der Waals surface area contributed by atoms with E-state index in [1.165, 1.54) is 63.4 Å². The zero-order valence-electron chi connectivity index (χ0n) is 19.0. The van der Waals surface area contributed by atoms with Gasteiger partial charge in [-0.1, -0.05) is 0 Å². The molecule has 0 unspecified atom stereocenters. The Morgan fingerprint density at radius 3 is 1.97 bits per heavy atom. The van der Waals surface area contributed by atoms with Crippen molar-refractivity contribution in [3.63, 3.8) is 0 Å². The molecule has 29 heavy (non-hydrogen) atoms. The van der Waals surface area contributed by atoms with Crippen LogP contribution in [0.2, 0.25) is 17.7 Å². The van der Waals surface area contributed by atoms with E-state index < -0.39 is 30.4 Å².